The van der Waals surface area contributed by atoms with E-state index in [-0.39, 0.29) is 30.9 Å². The fourth-order valence-electron chi connectivity index (χ4n) is 4.04. The maximum Gasteiger partial charge on any atom is 0.317 e. The molecule has 2 saturated heterocycles. The fraction of sp³-hybridized carbons (Fsp3) is 0.722. The van der Waals surface area contributed by atoms with Crippen molar-refractivity contribution in [3.8, 4) is 0 Å². The summed E-state index contributed by atoms with van der Waals surface area (Å²) in [5.74, 6) is 0.909. The summed E-state index contributed by atoms with van der Waals surface area (Å²) in [6.45, 7) is 5.97. The van der Waals surface area contributed by atoms with E-state index in [1.807, 2.05) is 26.0 Å². The molecule has 3 heterocycles. The van der Waals surface area contributed by atoms with Crippen LogP contribution in [-0.2, 0) is 9.84 Å². The van der Waals surface area contributed by atoms with Crippen LogP contribution >= 0.6 is 0 Å². The van der Waals surface area contributed by atoms with E-state index in [1.165, 1.54) is 0 Å². The first-order valence-corrected chi connectivity index (χ1v) is 11.4. The van der Waals surface area contributed by atoms with Crippen LogP contribution in [0.5, 0.6) is 0 Å². The monoisotopic (exact) mass is 395 g/mol. The first-order chi connectivity index (χ1) is 12.9. The largest absolute Gasteiger partial charge is 0.355 e. The van der Waals surface area contributed by atoms with Gasteiger partial charge in [0.1, 0.15) is 0 Å². The van der Waals surface area contributed by atoms with Crippen LogP contribution in [0.15, 0.2) is 18.3 Å². The van der Waals surface area contributed by atoms with E-state index in [2.05, 4.69) is 20.4 Å². The van der Waals surface area contributed by atoms with Gasteiger partial charge in [0.25, 0.3) is 0 Å². The molecule has 0 saturated carbocycles. The van der Waals surface area contributed by atoms with E-state index in [1.54, 1.807) is 11.1 Å². The zero-order chi connectivity index (χ0) is 19.5. The molecule has 27 heavy (non-hydrogen) atoms. The molecular formula is C18H29N5O3S. The summed E-state index contributed by atoms with van der Waals surface area (Å²) < 4.78 is 24.2. The molecule has 0 aliphatic carbocycles. The Morgan fingerprint density at radius 3 is 2.56 bits per heavy atom. The summed E-state index contributed by atoms with van der Waals surface area (Å²) in [7, 11) is -3.16. The minimum Gasteiger partial charge on any atom is -0.355 e. The van der Waals surface area contributed by atoms with E-state index >= 15 is 0 Å². The minimum absolute atomic E-state index is 0.0488. The summed E-state index contributed by atoms with van der Waals surface area (Å²) in [5, 5.41) is 11.1. The molecule has 150 valence electrons. The van der Waals surface area contributed by atoms with Crippen molar-refractivity contribution in [3.63, 3.8) is 0 Å². The lowest BCUT2D eigenvalue weighted by molar-refractivity contribution is 0.181. The fourth-order valence-corrected chi connectivity index (χ4v) is 6.17. The lowest BCUT2D eigenvalue weighted by atomic mass is 10.0. The van der Waals surface area contributed by atoms with E-state index in [0.717, 1.165) is 31.7 Å². The highest BCUT2D eigenvalue weighted by Crippen LogP contribution is 2.31. The molecule has 1 aromatic heterocycles. The first kappa shape index (κ1) is 19.9. The lowest BCUT2D eigenvalue weighted by Gasteiger charge is -2.42. The van der Waals surface area contributed by atoms with Crippen LogP contribution in [0.4, 0.5) is 10.6 Å². The summed E-state index contributed by atoms with van der Waals surface area (Å²) in [6.07, 6.45) is 4.39. The zero-order valence-electron chi connectivity index (χ0n) is 16.1. The second-order valence-corrected chi connectivity index (χ2v) is 9.93. The molecule has 2 aliphatic heterocycles. The summed E-state index contributed by atoms with van der Waals surface area (Å²) >= 11 is 0. The molecule has 0 unspecified atom stereocenters. The predicted octanol–water partition coefficient (Wildman–Crippen LogP) is 1.44. The molecule has 0 bridgehead atoms. The van der Waals surface area contributed by atoms with Gasteiger partial charge in [-0.2, -0.15) is 5.10 Å². The third kappa shape index (κ3) is 4.02. The van der Waals surface area contributed by atoms with E-state index < -0.39 is 14.6 Å². The van der Waals surface area contributed by atoms with Crippen LogP contribution < -0.4 is 10.2 Å². The molecule has 2 amide bonds. The van der Waals surface area contributed by atoms with Crippen molar-refractivity contribution >= 4 is 21.7 Å². The van der Waals surface area contributed by atoms with Crippen LogP contribution in [0.1, 0.15) is 39.5 Å². The summed E-state index contributed by atoms with van der Waals surface area (Å²) in [5.41, 5.74) is 0. The normalized spacial score (nSPS) is 22.4. The Kier molecular flexibility index (Phi) is 5.88. The zero-order valence-corrected chi connectivity index (χ0v) is 16.9. The second kappa shape index (κ2) is 8.00. The third-order valence-corrected chi connectivity index (χ3v) is 8.80. The van der Waals surface area contributed by atoms with Gasteiger partial charge in [-0.1, -0.05) is 13.8 Å². The molecule has 2 aliphatic rings. The molecule has 9 heteroatoms. The van der Waals surface area contributed by atoms with Crippen molar-refractivity contribution < 1.29 is 13.2 Å². The lowest BCUT2D eigenvalue weighted by Crippen LogP contribution is -2.60. The predicted molar refractivity (Wildman–Crippen MR) is 104 cm³/mol. The average molecular weight is 396 g/mol. The van der Waals surface area contributed by atoms with Crippen LogP contribution in [0.3, 0.4) is 0 Å². The Labute approximate surface area is 161 Å². The highest BCUT2D eigenvalue weighted by molar-refractivity contribution is 7.92. The van der Waals surface area contributed by atoms with Gasteiger partial charge < -0.3 is 15.1 Å². The van der Waals surface area contributed by atoms with Crippen molar-refractivity contribution in [1.29, 1.82) is 0 Å². The minimum atomic E-state index is -3.16. The number of nitrogens with zero attached hydrogens (tertiary/aromatic N) is 4. The van der Waals surface area contributed by atoms with E-state index in [9.17, 15) is 13.2 Å². The molecule has 0 aromatic carbocycles. The highest BCUT2D eigenvalue weighted by Gasteiger charge is 2.46. The molecule has 1 N–H and O–H groups in total. The Bertz CT molecular complexity index is 744. The maximum absolute atomic E-state index is 12.7. The standard InChI is InChI=1S/C18H29N5O3S/c1-3-18(4-2)14-23(12-13-27(18,25)26)17(24)20-15-7-10-22(11-8-15)16-6-5-9-19-21-16/h5-6,9,15H,3-4,7-8,10-14H2,1-2H3,(H,20,24). The number of piperidine rings is 1. The number of rotatable bonds is 4. The van der Waals surface area contributed by atoms with Gasteiger partial charge >= 0.3 is 6.03 Å². The number of carbonyl (C=O) groups is 1. The number of hydrogen-bond donors (Lipinski definition) is 1. The van der Waals surface area contributed by atoms with Gasteiger partial charge in [0.15, 0.2) is 15.7 Å². The van der Waals surface area contributed by atoms with Crippen LogP contribution in [0.2, 0.25) is 0 Å². The SMILES string of the molecule is CCC1(CC)CN(C(=O)NC2CCN(c3cccnn3)CC2)CCS1(=O)=O. The van der Waals surface area contributed by atoms with Gasteiger partial charge in [-0.25, -0.2) is 13.2 Å². The van der Waals surface area contributed by atoms with Gasteiger partial charge in [0, 0.05) is 38.4 Å². The second-order valence-electron chi connectivity index (χ2n) is 7.42. The average Bonchev–Trinajstić information content (AvgIpc) is 2.69. The molecule has 0 radical (unpaired) electrons. The van der Waals surface area contributed by atoms with Gasteiger partial charge in [-0.15, -0.1) is 5.10 Å². The van der Waals surface area contributed by atoms with Crippen molar-refractivity contribution in [1.82, 2.24) is 20.4 Å². The number of aromatic nitrogens is 2. The van der Waals surface area contributed by atoms with Gasteiger partial charge in [0.05, 0.1) is 10.5 Å². The molecule has 2 fully saturated rings. The Balaban J connectivity index is 1.56. The number of nitrogens with one attached hydrogen (secondary N) is 1. The molecule has 0 atom stereocenters. The van der Waals surface area contributed by atoms with Gasteiger partial charge in [0.2, 0.25) is 0 Å². The number of sulfone groups is 1. The number of urea groups is 1. The molecular weight excluding hydrogens is 366 g/mol. The molecule has 3 rings (SSSR count). The molecule has 0 spiro atoms. The topological polar surface area (TPSA) is 95.5 Å². The number of carbonyl (C=O) groups excluding carboxylic acids is 1. The first-order valence-electron chi connectivity index (χ1n) is 9.71. The molecule has 1 aromatic rings. The van der Waals surface area contributed by atoms with Crippen LogP contribution in [-0.4, -0.2) is 72.3 Å². The third-order valence-electron chi connectivity index (χ3n) is 6.05. The highest BCUT2D eigenvalue weighted by atomic mass is 32.2. The number of amides is 2. The van der Waals surface area contributed by atoms with Crippen LogP contribution in [0.25, 0.3) is 0 Å². The molecule has 8 nitrogen and oxygen atoms in total. The van der Waals surface area contributed by atoms with Crippen molar-refractivity contribution in [2.45, 2.75) is 50.3 Å². The number of anilines is 1. The Morgan fingerprint density at radius 1 is 1.26 bits per heavy atom. The Hall–Kier alpha value is -1.90. The van der Waals surface area contributed by atoms with Crippen molar-refractivity contribution in [2.24, 2.45) is 0 Å². The van der Waals surface area contributed by atoms with Gasteiger partial charge in [-0.3, -0.25) is 0 Å². The summed E-state index contributed by atoms with van der Waals surface area (Å²) in [6, 6.07) is 3.76. The maximum atomic E-state index is 12.7. The smallest absolute Gasteiger partial charge is 0.317 e. The van der Waals surface area contributed by atoms with Crippen LogP contribution in [0, 0.1) is 0 Å². The number of hydrogen-bond acceptors (Lipinski definition) is 6. The Morgan fingerprint density at radius 2 is 1.96 bits per heavy atom. The van der Waals surface area contributed by atoms with Crippen molar-refractivity contribution in [2.75, 3.05) is 36.8 Å². The van der Waals surface area contributed by atoms with E-state index in [4.69, 9.17) is 0 Å². The van der Waals surface area contributed by atoms with E-state index in [0.29, 0.717) is 12.8 Å². The quantitative estimate of drug-likeness (QED) is 0.829. The van der Waals surface area contributed by atoms with Gasteiger partial charge in [-0.05, 0) is 37.8 Å². The van der Waals surface area contributed by atoms with Crippen molar-refractivity contribution in [3.05, 3.63) is 18.3 Å². The summed E-state index contributed by atoms with van der Waals surface area (Å²) in [4.78, 5) is 16.6.